The smallest absolute Gasteiger partial charge is 0.311 e. The number of carbonyl (C=O) groups is 2. The van der Waals surface area contributed by atoms with Crippen LogP contribution in [0.3, 0.4) is 0 Å². The molecule has 0 aromatic heterocycles. The second kappa shape index (κ2) is 5.04. The summed E-state index contributed by atoms with van der Waals surface area (Å²) in [4.78, 5) is 25.0. The SMILES string of the molecule is CCCN(C(=O)C1CC1)C1COCC1C(=O)O. The number of aliphatic carboxylic acids is 1. The predicted molar refractivity (Wildman–Crippen MR) is 60.5 cm³/mol. The van der Waals surface area contributed by atoms with E-state index in [0.29, 0.717) is 13.2 Å². The summed E-state index contributed by atoms with van der Waals surface area (Å²) in [5.41, 5.74) is 0. The van der Waals surface area contributed by atoms with Gasteiger partial charge in [0.05, 0.1) is 19.3 Å². The van der Waals surface area contributed by atoms with Gasteiger partial charge in [0.2, 0.25) is 5.91 Å². The molecule has 2 rings (SSSR count). The molecule has 0 spiro atoms. The highest BCUT2D eigenvalue weighted by Crippen LogP contribution is 2.33. The summed E-state index contributed by atoms with van der Waals surface area (Å²) in [6.45, 7) is 3.21. The number of rotatable bonds is 5. The van der Waals surface area contributed by atoms with Crippen molar-refractivity contribution in [2.24, 2.45) is 11.8 Å². The third kappa shape index (κ3) is 2.60. The average Bonchev–Trinajstić information content (AvgIpc) is 3.03. The summed E-state index contributed by atoms with van der Waals surface area (Å²) in [5, 5.41) is 9.12. The maximum atomic E-state index is 12.1. The van der Waals surface area contributed by atoms with Gasteiger partial charge in [-0.05, 0) is 19.3 Å². The van der Waals surface area contributed by atoms with E-state index < -0.39 is 11.9 Å². The molecule has 1 amide bonds. The Morgan fingerprint density at radius 1 is 1.35 bits per heavy atom. The van der Waals surface area contributed by atoms with Crippen molar-refractivity contribution in [3.63, 3.8) is 0 Å². The van der Waals surface area contributed by atoms with Crippen molar-refractivity contribution in [1.82, 2.24) is 4.90 Å². The molecule has 0 radical (unpaired) electrons. The molecule has 2 fully saturated rings. The maximum Gasteiger partial charge on any atom is 0.311 e. The van der Waals surface area contributed by atoms with Crippen molar-refractivity contribution in [3.8, 4) is 0 Å². The second-order valence-electron chi connectivity index (χ2n) is 4.86. The average molecular weight is 241 g/mol. The Bertz CT molecular complexity index is 314. The topological polar surface area (TPSA) is 66.8 Å². The van der Waals surface area contributed by atoms with E-state index in [1.54, 1.807) is 4.90 Å². The van der Waals surface area contributed by atoms with Crippen molar-refractivity contribution < 1.29 is 19.4 Å². The Balaban J connectivity index is 2.08. The van der Waals surface area contributed by atoms with Crippen molar-refractivity contribution in [2.45, 2.75) is 32.2 Å². The Labute approximate surface area is 101 Å². The van der Waals surface area contributed by atoms with E-state index in [4.69, 9.17) is 9.84 Å². The molecule has 5 nitrogen and oxygen atoms in total. The second-order valence-corrected chi connectivity index (χ2v) is 4.86. The summed E-state index contributed by atoms with van der Waals surface area (Å²) >= 11 is 0. The van der Waals surface area contributed by atoms with Gasteiger partial charge < -0.3 is 14.7 Å². The Morgan fingerprint density at radius 2 is 2.06 bits per heavy atom. The number of carboxylic acids is 1. The van der Waals surface area contributed by atoms with E-state index in [2.05, 4.69) is 0 Å². The fourth-order valence-electron chi connectivity index (χ4n) is 2.33. The molecule has 1 heterocycles. The summed E-state index contributed by atoms with van der Waals surface area (Å²) in [6.07, 6.45) is 2.75. The van der Waals surface area contributed by atoms with E-state index in [-0.39, 0.29) is 24.5 Å². The molecule has 1 saturated heterocycles. The summed E-state index contributed by atoms with van der Waals surface area (Å²) in [5.74, 6) is -1.17. The van der Waals surface area contributed by atoms with E-state index in [9.17, 15) is 9.59 Å². The van der Waals surface area contributed by atoms with E-state index >= 15 is 0 Å². The minimum atomic E-state index is -0.864. The predicted octanol–water partition coefficient (Wildman–Crippen LogP) is 0.735. The number of ether oxygens (including phenoxy) is 1. The van der Waals surface area contributed by atoms with Gasteiger partial charge in [0.15, 0.2) is 0 Å². The minimum Gasteiger partial charge on any atom is -0.481 e. The molecule has 1 N–H and O–H groups in total. The summed E-state index contributed by atoms with van der Waals surface area (Å²) in [6, 6.07) is -0.277. The number of carbonyl (C=O) groups excluding carboxylic acids is 1. The molecule has 96 valence electrons. The molecule has 1 aliphatic heterocycles. The Morgan fingerprint density at radius 3 is 2.59 bits per heavy atom. The first-order valence-electron chi connectivity index (χ1n) is 6.26. The van der Waals surface area contributed by atoms with Crippen LogP contribution in [0.5, 0.6) is 0 Å². The maximum absolute atomic E-state index is 12.1. The first-order chi connectivity index (χ1) is 8.15. The van der Waals surface area contributed by atoms with Crippen LogP contribution in [-0.4, -0.2) is 47.7 Å². The van der Waals surface area contributed by atoms with Crippen LogP contribution in [0, 0.1) is 11.8 Å². The van der Waals surface area contributed by atoms with Gasteiger partial charge in [-0.15, -0.1) is 0 Å². The van der Waals surface area contributed by atoms with Gasteiger partial charge in [0.1, 0.15) is 5.92 Å². The molecule has 2 atom stereocenters. The highest BCUT2D eigenvalue weighted by Gasteiger charge is 2.43. The van der Waals surface area contributed by atoms with Crippen LogP contribution >= 0.6 is 0 Å². The van der Waals surface area contributed by atoms with Gasteiger partial charge in [0, 0.05) is 12.5 Å². The van der Waals surface area contributed by atoms with Crippen LogP contribution in [-0.2, 0) is 14.3 Å². The number of hydrogen-bond donors (Lipinski definition) is 1. The fraction of sp³-hybridized carbons (Fsp3) is 0.833. The third-order valence-electron chi connectivity index (χ3n) is 3.44. The highest BCUT2D eigenvalue weighted by molar-refractivity contribution is 5.82. The largest absolute Gasteiger partial charge is 0.481 e. The van der Waals surface area contributed by atoms with Crippen molar-refractivity contribution >= 4 is 11.9 Å². The quantitative estimate of drug-likeness (QED) is 0.770. The monoisotopic (exact) mass is 241 g/mol. The number of amides is 1. The first-order valence-corrected chi connectivity index (χ1v) is 6.26. The van der Waals surface area contributed by atoms with E-state index in [0.717, 1.165) is 19.3 Å². The van der Waals surface area contributed by atoms with Crippen molar-refractivity contribution in [1.29, 1.82) is 0 Å². The van der Waals surface area contributed by atoms with Crippen LogP contribution in [0.15, 0.2) is 0 Å². The van der Waals surface area contributed by atoms with Gasteiger partial charge in [-0.2, -0.15) is 0 Å². The van der Waals surface area contributed by atoms with Gasteiger partial charge >= 0.3 is 5.97 Å². The molecule has 0 aromatic carbocycles. The lowest BCUT2D eigenvalue weighted by Crippen LogP contribution is -2.47. The molecular formula is C12H19NO4. The van der Waals surface area contributed by atoms with Gasteiger partial charge in [-0.3, -0.25) is 9.59 Å². The Kier molecular flexibility index (Phi) is 3.66. The van der Waals surface area contributed by atoms with Gasteiger partial charge in [-0.1, -0.05) is 6.92 Å². The zero-order valence-electron chi connectivity index (χ0n) is 10.1. The standard InChI is InChI=1S/C12H19NO4/c1-2-5-13(11(14)8-3-4-8)10-7-17-6-9(10)12(15)16/h8-10H,2-7H2,1H3,(H,15,16). The zero-order chi connectivity index (χ0) is 12.4. The molecule has 1 aliphatic carbocycles. The summed E-state index contributed by atoms with van der Waals surface area (Å²) < 4.78 is 5.23. The van der Waals surface area contributed by atoms with Crippen molar-refractivity contribution in [3.05, 3.63) is 0 Å². The highest BCUT2D eigenvalue weighted by atomic mass is 16.5. The van der Waals surface area contributed by atoms with E-state index in [1.165, 1.54) is 0 Å². The van der Waals surface area contributed by atoms with Crippen LogP contribution in [0.1, 0.15) is 26.2 Å². The zero-order valence-corrected chi connectivity index (χ0v) is 10.1. The summed E-state index contributed by atoms with van der Waals surface area (Å²) in [7, 11) is 0. The molecule has 5 heteroatoms. The first kappa shape index (κ1) is 12.4. The molecule has 0 bridgehead atoms. The van der Waals surface area contributed by atoms with E-state index in [1.807, 2.05) is 6.92 Å². The number of carboxylic acid groups (broad SMARTS) is 1. The van der Waals surface area contributed by atoms with Gasteiger partial charge in [-0.25, -0.2) is 0 Å². The minimum absolute atomic E-state index is 0.119. The number of hydrogen-bond acceptors (Lipinski definition) is 3. The molecule has 1 saturated carbocycles. The van der Waals surface area contributed by atoms with Gasteiger partial charge in [0.25, 0.3) is 0 Å². The molecule has 2 unspecified atom stereocenters. The third-order valence-corrected chi connectivity index (χ3v) is 3.44. The molecule has 2 aliphatic rings. The molecule has 0 aromatic rings. The van der Waals surface area contributed by atoms with Crippen molar-refractivity contribution in [2.75, 3.05) is 19.8 Å². The molecular weight excluding hydrogens is 222 g/mol. The Hall–Kier alpha value is -1.10. The lowest BCUT2D eigenvalue weighted by atomic mass is 10.0. The molecule has 17 heavy (non-hydrogen) atoms. The van der Waals surface area contributed by atoms with Crippen LogP contribution in [0.4, 0.5) is 0 Å². The van der Waals surface area contributed by atoms with Crippen LogP contribution < -0.4 is 0 Å². The lowest BCUT2D eigenvalue weighted by molar-refractivity contribution is -0.145. The normalized spacial score (nSPS) is 28.1. The van der Waals surface area contributed by atoms with Crippen LogP contribution in [0.25, 0.3) is 0 Å². The fourth-order valence-corrected chi connectivity index (χ4v) is 2.33. The lowest BCUT2D eigenvalue weighted by Gasteiger charge is -2.30. The number of nitrogens with zero attached hydrogens (tertiary/aromatic N) is 1. The van der Waals surface area contributed by atoms with Crippen LogP contribution in [0.2, 0.25) is 0 Å².